The second-order valence-corrected chi connectivity index (χ2v) is 7.08. The van der Waals surface area contributed by atoms with Crippen molar-refractivity contribution < 1.29 is 9.53 Å². The van der Waals surface area contributed by atoms with E-state index in [1.165, 1.54) is 0 Å². The molecule has 2 aliphatic heterocycles. The standard InChI is InChI=1S/C19H23N3O2/c1-12-13(11-20)8-9-14-16(12)17(22-10-6-7-15(22)23)18(21(4)5)19(2,3)24-14/h8-9H,6-7,10H2,1-5H3. The van der Waals surface area contributed by atoms with Crippen LogP contribution in [0.25, 0.3) is 5.70 Å². The molecular weight excluding hydrogens is 302 g/mol. The van der Waals surface area contributed by atoms with Crippen LogP contribution in [0.5, 0.6) is 5.75 Å². The van der Waals surface area contributed by atoms with Crippen molar-refractivity contribution in [3.63, 3.8) is 0 Å². The van der Waals surface area contributed by atoms with Gasteiger partial charge in [-0.05, 0) is 44.9 Å². The first kappa shape index (κ1) is 16.4. The maximum absolute atomic E-state index is 12.5. The molecule has 0 radical (unpaired) electrons. The molecule has 5 nitrogen and oxygen atoms in total. The number of hydrogen-bond acceptors (Lipinski definition) is 4. The third-order valence-electron chi connectivity index (χ3n) is 4.73. The van der Waals surface area contributed by atoms with Gasteiger partial charge in [-0.1, -0.05) is 0 Å². The molecule has 1 amide bonds. The fourth-order valence-electron chi connectivity index (χ4n) is 3.81. The van der Waals surface area contributed by atoms with E-state index in [1.54, 1.807) is 6.07 Å². The first-order chi connectivity index (χ1) is 11.3. The molecule has 1 saturated heterocycles. The number of hydrogen-bond donors (Lipinski definition) is 0. The lowest BCUT2D eigenvalue weighted by Crippen LogP contribution is -2.44. The summed E-state index contributed by atoms with van der Waals surface area (Å²) < 4.78 is 6.25. The van der Waals surface area contributed by atoms with Gasteiger partial charge in [0.2, 0.25) is 5.91 Å². The second kappa shape index (κ2) is 5.55. The number of amides is 1. The zero-order valence-electron chi connectivity index (χ0n) is 14.9. The summed E-state index contributed by atoms with van der Waals surface area (Å²) in [6.07, 6.45) is 1.43. The smallest absolute Gasteiger partial charge is 0.227 e. The van der Waals surface area contributed by atoms with E-state index in [2.05, 4.69) is 6.07 Å². The van der Waals surface area contributed by atoms with Gasteiger partial charge in [0.05, 0.1) is 23.0 Å². The predicted molar refractivity (Wildman–Crippen MR) is 92.2 cm³/mol. The summed E-state index contributed by atoms with van der Waals surface area (Å²) in [7, 11) is 3.94. The Kier molecular flexibility index (Phi) is 3.79. The van der Waals surface area contributed by atoms with Crippen molar-refractivity contribution in [1.29, 1.82) is 5.26 Å². The summed E-state index contributed by atoms with van der Waals surface area (Å²) >= 11 is 0. The molecule has 0 atom stereocenters. The number of rotatable bonds is 2. The molecule has 2 aliphatic rings. The molecule has 0 N–H and O–H groups in total. The van der Waals surface area contributed by atoms with E-state index in [9.17, 15) is 10.1 Å². The number of carbonyl (C=O) groups excluding carboxylic acids is 1. The number of likely N-dealkylation sites (tertiary alicyclic amines) is 1. The van der Waals surface area contributed by atoms with Crippen LogP contribution >= 0.6 is 0 Å². The van der Waals surface area contributed by atoms with Gasteiger partial charge in [-0.2, -0.15) is 5.26 Å². The van der Waals surface area contributed by atoms with Gasteiger partial charge in [0.1, 0.15) is 11.4 Å². The second-order valence-electron chi connectivity index (χ2n) is 7.08. The molecule has 0 unspecified atom stereocenters. The average Bonchev–Trinajstić information content (AvgIpc) is 2.90. The molecule has 0 saturated carbocycles. The van der Waals surface area contributed by atoms with Crippen molar-refractivity contribution in [3.05, 3.63) is 34.5 Å². The van der Waals surface area contributed by atoms with Crippen molar-refractivity contribution in [1.82, 2.24) is 9.80 Å². The van der Waals surface area contributed by atoms with Gasteiger partial charge in [-0.3, -0.25) is 4.79 Å². The SMILES string of the molecule is Cc1c(C#N)ccc2c1C(N1CCCC1=O)=C(N(C)C)C(C)(C)O2. The van der Waals surface area contributed by atoms with Crippen LogP contribution in [0.2, 0.25) is 0 Å². The molecular formula is C19H23N3O2. The zero-order chi connectivity index (χ0) is 17.6. The Morgan fingerprint density at radius 3 is 2.58 bits per heavy atom. The number of ether oxygens (including phenoxy) is 1. The lowest BCUT2D eigenvalue weighted by molar-refractivity contribution is -0.125. The number of benzene rings is 1. The van der Waals surface area contributed by atoms with Crippen molar-refractivity contribution in [3.8, 4) is 11.8 Å². The molecule has 126 valence electrons. The highest BCUT2D eigenvalue weighted by atomic mass is 16.5. The number of nitriles is 1. The normalized spacial score (nSPS) is 19.0. The highest BCUT2D eigenvalue weighted by Crippen LogP contribution is 2.46. The van der Waals surface area contributed by atoms with E-state index >= 15 is 0 Å². The molecule has 0 spiro atoms. The predicted octanol–water partition coefficient (Wildman–Crippen LogP) is 2.89. The van der Waals surface area contributed by atoms with Crippen LogP contribution in [0.15, 0.2) is 17.8 Å². The first-order valence-corrected chi connectivity index (χ1v) is 8.23. The van der Waals surface area contributed by atoms with E-state index in [0.717, 1.165) is 34.7 Å². The summed E-state index contributed by atoms with van der Waals surface area (Å²) in [6, 6.07) is 5.87. The van der Waals surface area contributed by atoms with Gasteiger partial charge in [0, 0.05) is 32.6 Å². The number of nitrogens with zero attached hydrogens (tertiary/aromatic N) is 3. The van der Waals surface area contributed by atoms with Gasteiger partial charge in [-0.25, -0.2) is 0 Å². The number of carbonyl (C=O) groups is 1. The molecule has 1 fully saturated rings. The Hall–Kier alpha value is -2.48. The largest absolute Gasteiger partial charge is 0.481 e. The van der Waals surface area contributed by atoms with Crippen molar-refractivity contribution in [2.24, 2.45) is 0 Å². The van der Waals surface area contributed by atoms with Gasteiger partial charge >= 0.3 is 0 Å². The Morgan fingerprint density at radius 2 is 2.04 bits per heavy atom. The maximum Gasteiger partial charge on any atom is 0.227 e. The van der Waals surface area contributed by atoms with E-state index in [-0.39, 0.29) is 5.91 Å². The first-order valence-electron chi connectivity index (χ1n) is 8.23. The van der Waals surface area contributed by atoms with Gasteiger partial charge in [0.15, 0.2) is 0 Å². The van der Waals surface area contributed by atoms with Gasteiger partial charge in [0.25, 0.3) is 0 Å². The lowest BCUT2D eigenvalue weighted by atomic mass is 9.89. The molecule has 0 aromatic heterocycles. The molecule has 0 bridgehead atoms. The lowest BCUT2D eigenvalue weighted by Gasteiger charge is -2.42. The van der Waals surface area contributed by atoms with E-state index in [0.29, 0.717) is 18.5 Å². The number of likely N-dealkylation sites (N-methyl/N-ethyl adjacent to an activating group) is 1. The summed E-state index contributed by atoms with van der Waals surface area (Å²) in [4.78, 5) is 16.4. The Morgan fingerprint density at radius 1 is 1.33 bits per heavy atom. The minimum atomic E-state index is -0.560. The zero-order valence-corrected chi connectivity index (χ0v) is 14.9. The Bertz CT molecular complexity index is 785. The van der Waals surface area contributed by atoms with Crippen molar-refractivity contribution in [2.75, 3.05) is 20.6 Å². The van der Waals surface area contributed by atoms with Crippen LogP contribution in [0, 0.1) is 18.3 Å². The van der Waals surface area contributed by atoms with Crippen LogP contribution in [0.1, 0.15) is 43.4 Å². The monoisotopic (exact) mass is 325 g/mol. The van der Waals surface area contributed by atoms with Crippen LogP contribution in [0.3, 0.4) is 0 Å². The van der Waals surface area contributed by atoms with Crippen LogP contribution in [-0.2, 0) is 4.79 Å². The third kappa shape index (κ3) is 2.34. The summed E-state index contributed by atoms with van der Waals surface area (Å²) in [5, 5.41) is 9.40. The third-order valence-corrected chi connectivity index (χ3v) is 4.73. The Balaban J connectivity index is 2.37. The minimum Gasteiger partial charge on any atom is -0.481 e. The van der Waals surface area contributed by atoms with Crippen LogP contribution in [-0.4, -0.2) is 41.9 Å². The Labute approximate surface area is 143 Å². The van der Waals surface area contributed by atoms with Crippen molar-refractivity contribution >= 4 is 11.6 Å². The molecule has 1 aromatic carbocycles. The minimum absolute atomic E-state index is 0.134. The van der Waals surface area contributed by atoms with Gasteiger partial charge in [-0.15, -0.1) is 0 Å². The molecule has 0 aliphatic carbocycles. The molecule has 5 heteroatoms. The highest BCUT2D eigenvalue weighted by Gasteiger charge is 2.41. The fraction of sp³-hybridized carbons (Fsp3) is 0.474. The van der Waals surface area contributed by atoms with Crippen molar-refractivity contribution in [2.45, 2.75) is 39.2 Å². The quantitative estimate of drug-likeness (QED) is 0.839. The van der Waals surface area contributed by atoms with E-state index in [1.807, 2.05) is 50.7 Å². The number of fused-ring (bicyclic) bond motifs is 1. The topological polar surface area (TPSA) is 56.6 Å². The summed E-state index contributed by atoms with van der Waals surface area (Å²) in [5.41, 5.74) is 3.63. The van der Waals surface area contributed by atoms with Crippen LogP contribution < -0.4 is 4.74 Å². The highest BCUT2D eigenvalue weighted by molar-refractivity contribution is 5.92. The molecule has 1 aromatic rings. The fourth-order valence-corrected chi connectivity index (χ4v) is 3.81. The van der Waals surface area contributed by atoms with Crippen LogP contribution in [0.4, 0.5) is 0 Å². The molecule has 24 heavy (non-hydrogen) atoms. The molecule has 2 heterocycles. The average molecular weight is 325 g/mol. The van der Waals surface area contributed by atoms with E-state index in [4.69, 9.17) is 4.74 Å². The summed E-state index contributed by atoms with van der Waals surface area (Å²) in [6.45, 7) is 6.66. The summed E-state index contributed by atoms with van der Waals surface area (Å²) in [5.74, 6) is 0.867. The van der Waals surface area contributed by atoms with Gasteiger partial charge < -0.3 is 14.5 Å². The maximum atomic E-state index is 12.5. The molecule has 3 rings (SSSR count). The van der Waals surface area contributed by atoms with E-state index < -0.39 is 5.60 Å².